The van der Waals surface area contributed by atoms with Gasteiger partial charge < -0.3 is 10.4 Å². The first kappa shape index (κ1) is 12.5. The number of aliphatic carboxylic acids is 1. The van der Waals surface area contributed by atoms with Crippen LogP contribution in [0.1, 0.15) is 33.1 Å². The molecule has 0 aromatic rings. The fraction of sp³-hybridized carbons (Fsp3) is 0.909. The van der Waals surface area contributed by atoms with Crippen LogP contribution < -0.4 is 5.32 Å². The van der Waals surface area contributed by atoms with E-state index in [1.807, 2.05) is 6.92 Å². The third-order valence-electron chi connectivity index (χ3n) is 2.96. The van der Waals surface area contributed by atoms with Crippen molar-refractivity contribution in [3.05, 3.63) is 0 Å². The predicted octanol–water partition coefficient (Wildman–Crippen LogP) is 0.924. The van der Waals surface area contributed by atoms with Gasteiger partial charge in [0.1, 0.15) is 6.04 Å². The van der Waals surface area contributed by atoms with Crippen LogP contribution in [-0.4, -0.2) is 47.7 Å². The molecule has 0 amide bonds. The van der Waals surface area contributed by atoms with Gasteiger partial charge in [0.2, 0.25) is 0 Å². The number of rotatable bonds is 7. The number of carbonyl (C=O) groups is 1. The van der Waals surface area contributed by atoms with E-state index in [4.69, 9.17) is 0 Å². The number of carboxylic acids is 1. The van der Waals surface area contributed by atoms with Crippen molar-refractivity contribution < 1.29 is 9.90 Å². The van der Waals surface area contributed by atoms with Crippen LogP contribution >= 0.6 is 0 Å². The molecule has 1 fully saturated rings. The van der Waals surface area contributed by atoms with Gasteiger partial charge in [-0.2, -0.15) is 0 Å². The summed E-state index contributed by atoms with van der Waals surface area (Å²) in [4.78, 5) is 13.3. The highest BCUT2D eigenvalue weighted by molar-refractivity contribution is 5.73. The molecule has 1 atom stereocenters. The maximum atomic E-state index is 11.2. The lowest BCUT2D eigenvalue weighted by atomic mass is 10.0. The smallest absolute Gasteiger partial charge is 0.320 e. The highest BCUT2D eigenvalue weighted by Gasteiger charge is 2.32. The molecule has 1 saturated heterocycles. The van der Waals surface area contributed by atoms with Crippen LogP contribution in [0, 0.1) is 0 Å². The van der Waals surface area contributed by atoms with Crippen molar-refractivity contribution in [1.82, 2.24) is 10.2 Å². The summed E-state index contributed by atoms with van der Waals surface area (Å²) in [6.45, 7) is 6.91. The minimum Gasteiger partial charge on any atom is -0.480 e. The summed E-state index contributed by atoms with van der Waals surface area (Å²) in [5.74, 6) is -0.669. The van der Waals surface area contributed by atoms with Gasteiger partial charge in [-0.25, -0.2) is 0 Å². The van der Waals surface area contributed by atoms with E-state index in [1.54, 1.807) is 0 Å². The fourth-order valence-electron chi connectivity index (χ4n) is 2.06. The second-order valence-electron chi connectivity index (χ2n) is 4.19. The van der Waals surface area contributed by atoms with Gasteiger partial charge in [0.05, 0.1) is 0 Å². The van der Waals surface area contributed by atoms with Crippen molar-refractivity contribution in [3.63, 3.8) is 0 Å². The molecule has 0 bridgehead atoms. The number of hydrogen-bond acceptors (Lipinski definition) is 3. The average molecular weight is 214 g/mol. The molecule has 0 aromatic carbocycles. The SMILES string of the molecule is CCCC(C(=O)O)N(CCC)C1CNC1. The van der Waals surface area contributed by atoms with E-state index in [0.29, 0.717) is 6.04 Å². The first-order valence-electron chi connectivity index (χ1n) is 5.90. The van der Waals surface area contributed by atoms with Gasteiger partial charge in [-0.15, -0.1) is 0 Å². The van der Waals surface area contributed by atoms with Crippen LogP contribution in [0.25, 0.3) is 0 Å². The molecule has 88 valence electrons. The van der Waals surface area contributed by atoms with Gasteiger partial charge in [-0.3, -0.25) is 9.69 Å². The van der Waals surface area contributed by atoms with Crippen molar-refractivity contribution in [3.8, 4) is 0 Å². The van der Waals surface area contributed by atoms with Crippen LogP contribution in [0.2, 0.25) is 0 Å². The highest BCUT2D eigenvalue weighted by Crippen LogP contribution is 2.15. The quantitative estimate of drug-likeness (QED) is 0.662. The largest absolute Gasteiger partial charge is 0.480 e. The lowest BCUT2D eigenvalue weighted by Crippen LogP contribution is -2.61. The molecule has 2 N–H and O–H groups in total. The zero-order valence-corrected chi connectivity index (χ0v) is 9.70. The van der Waals surface area contributed by atoms with E-state index in [9.17, 15) is 9.90 Å². The van der Waals surface area contributed by atoms with Crippen molar-refractivity contribution in [2.45, 2.75) is 45.2 Å². The fourth-order valence-corrected chi connectivity index (χ4v) is 2.06. The lowest BCUT2D eigenvalue weighted by molar-refractivity contribution is -0.145. The van der Waals surface area contributed by atoms with Crippen molar-refractivity contribution in [2.24, 2.45) is 0 Å². The molecule has 0 radical (unpaired) electrons. The van der Waals surface area contributed by atoms with Crippen LogP contribution in [0.15, 0.2) is 0 Å². The number of hydrogen-bond donors (Lipinski definition) is 2. The van der Waals surface area contributed by atoms with Crippen molar-refractivity contribution in [2.75, 3.05) is 19.6 Å². The molecule has 15 heavy (non-hydrogen) atoms. The van der Waals surface area contributed by atoms with Gasteiger partial charge in [0.15, 0.2) is 0 Å². The Morgan fingerprint density at radius 3 is 2.47 bits per heavy atom. The Kier molecular flexibility index (Phi) is 5.05. The van der Waals surface area contributed by atoms with E-state index in [0.717, 1.165) is 38.9 Å². The third kappa shape index (κ3) is 3.18. The van der Waals surface area contributed by atoms with Crippen molar-refractivity contribution in [1.29, 1.82) is 0 Å². The maximum Gasteiger partial charge on any atom is 0.320 e. The standard InChI is InChI=1S/C11H22N2O2/c1-3-5-10(11(14)15)13(6-4-2)9-7-12-8-9/h9-10,12H,3-8H2,1-2H3,(H,14,15). The van der Waals surface area contributed by atoms with Gasteiger partial charge >= 0.3 is 5.97 Å². The summed E-state index contributed by atoms with van der Waals surface area (Å²) in [7, 11) is 0. The molecular formula is C11H22N2O2. The normalized spacial score (nSPS) is 18.9. The Hall–Kier alpha value is -0.610. The topological polar surface area (TPSA) is 52.6 Å². The molecule has 1 aliphatic heterocycles. The van der Waals surface area contributed by atoms with Crippen molar-refractivity contribution >= 4 is 5.97 Å². The number of nitrogens with one attached hydrogen (secondary N) is 1. The van der Waals surface area contributed by atoms with Gasteiger partial charge in [-0.05, 0) is 19.4 Å². The highest BCUT2D eigenvalue weighted by atomic mass is 16.4. The molecule has 4 heteroatoms. The zero-order valence-electron chi connectivity index (χ0n) is 9.70. The van der Waals surface area contributed by atoms with Crippen LogP contribution in [0.5, 0.6) is 0 Å². The van der Waals surface area contributed by atoms with E-state index in [-0.39, 0.29) is 6.04 Å². The lowest BCUT2D eigenvalue weighted by Gasteiger charge is -2.41. The average Bonchev–Trinajstić information content (AvgIpc) is 2.10. The third-order valence-corrected chi connectivity index (χ3v) is 2.96. The summed E-state index contributed by atoms with van der Waals surface area (Å²) >= 11 is 0. The molecule has 1 heterocycles. The predicted molar refractivity (Wildman–Crippen MR) is 60.0 cm³/mol. The molecule has 0 saturated carbocycles. The van der Waals surface area contributed by atoms with Gasteiger partial charge in [-0.1, -0.05) is 20.3 Å². The Morgan fingerprint density at radius 2 is 2.13 bits per heavy atom. The minimum absolute atomic E-state index is 0.290. The second-order valence-corrected chi connectivity index (χ2v) is 4.19. The first-order valence-corrected chi connectivity index (χ1v) is 5.90. The summed E-state index contributed by atoms with van der Waals surface area (Å²) in [6, 6.07) is 0.139. The minimum atomic E-state index is -0.669. The summed E-state index contributed by atoms with van der Waals surface area (Å²) in [5, 5.41) is 12.4. The monoisotopic (exact) mass is 214 g/mol. The van der Waals surface area contributed by atoms with E-state index < -0.39 is 5.97 Å². The van der Waals surface area contributed by atoms with Crippen LogP contribution in [0.4, 0.5) is 0 Å². The first-order chi connectivity index (χ1) is 7.20. The molecule has 1 unspecified atom stereocenters. The maximum absolute atomic E-state index is 11.2. The Bertz CT molecular complexity index is 205. The molecule has 0 spiro atoms. The Balaban J connectivity index is 2.59. The van der Waals surface area contributed by atoms with Gasteiger partial charge in [0, 0.05) is 19.1 Å². The zero-order chi connectivity index (χ0) is 11.3. The second kappa shape index (κ2) is 6.08. The van der Waals surface area contributed by atoms with Gasteiger partial charge in [0.25, 0.3) is 0 Å². The number of nitrogens with zero attached hydrogens (tertiary/aromatic N) is 1. The Morgan fingerprint density at radius 1 is 1.47 bits per heavy atom. The summed E-state index contributed by atoms with van der Waals surface area (Å²) in [6.07, 6.45) is 2.70. The molecule has 1 aliphatic rings. The van der Waals surface area contributed by atoms with E-state index in [2.05, 4.69) is 17.1 Å². The molecular weight excluding hydrogens is 192 g/mol. The molecule has 1 rings (SSSR count). The molecule has 0 aliphatic carbocycles. The van der Waals surface area contributed by atoms with Crippen LogP contribution in [0.3, 0.4) is 0 Å². The molecule has 0 aromatic heterocycles. The van der Waals surface area contributed by atoms with E-state index in [1.165, 1.54) is 0 Å². The van der Waals surface area contributed by atoms with E-state index >= 15 is 0 Å². The summed E-state index contributed by atoms with van der Waals surface area (Å²) in [5.41, 5.74) is 0. The van der Waals surface area contributed by atoms with Crippen LogP contribution in [-0.2, 0) is 4.79 Å². The summed E-state index contributed by atoms with van der Waals surface area (Å²) < 4.78 is 0. The Labute approximate surface area is 91.6 Å². The molecule has 4 nitrogen and oxygen atoms in total. The number of carboxylic acid groups (broad SMARTS) is 1.